The van der Waals surface area contributed by atoms with Gasteiger partial charge in [-0.1, -0.05) is 36.4 Å². The Balaban J connectivity index is 1.59. The molecule has 4 nitrogen and oxygen atoms in total. The van der Waals surface area contributed by atoms with Crippen LogP contribution in [0.2, 0.25) is 0 Å². The van der Waals surface area contributed by atoms with Gasteiger partial charge in [0, 0.05) is 18.7 Å². The van der Waals surface area contributed by atoms with Crippen molar-refractivity contribution in [3.8, 4) is 5.75 Å². The Labute approximate surface area is 154 Å². The fourth-order valence-electron chi connectivity index (χ4n) is 3.06. The number of ketones is 1. The Bertz CT molecular complexity index is 809. The quantitative estimate of drug-likeness (QED) is 0.767. The van der Waals surface area contributed by atoms with Crippen LogP contribution in [0.15, 0.2) is 60.7 Å². The van der Waals surface area contributed by atoms with Crippen molar-refractivity contribution in [3.63, 3.8) is 0 Å². The van der Waals surface area contributed by atoms with Crippen LogP contribution in [0, 0.1) is 0 Å². The second-order valence-corrected chi connectivity index (χ2v) is 6.47. The first-order valence-electron chi connectivity index (χ1n) is 8.85. The molecule has 1 unspecified atom stereocenters. The molecule has 2 aromatic rings. The first-order chi connectivity index (χ1) is 12.5. The van der Waals surface area contributed by atoms with E-state index in [2.05, 4.69) is 18.2 Å². The molecule has 0 spiro atoms. The van der Waals surface area contributed by atoms with Gasteiger partial charge in [-0.3, -0.25) is 9.59 Å². The largest absolute Gasteiger partial charge is 0.481 e. The van der Waals surface area contributed by atoms with Crippen LogP contribution in [0.25, 0.3) is 5.57 Å². The highest BCUT2D eigenvalue weighted by Crippen LogP contribution is 2.23. The van der Waals surface area contributed by atoms with Gasteiger partial charge in [0.15, 0.2) is 11.9 Å². The third kappa shape index (κ3) is 4.20. The van der Waals surface area contributed by atoms with Gasteiger partial charge in [-0.15, -0.1) is 0 Å². The lowest BCUT2D eigenvalue weighted by molar-refractivity contribution is -0.137. The second kappa shape index (κ2) is 8.00. The van der Waals surface area contributed by atoms with Crippen LogP contribution in [0.5, 0.6) is 5.75 Å². The first-order valence-corrected chi connectivity index (χ1v) is 8.85. The van der Waals surface area contributed by atoms with Crippen LogP contribution in [-0.4, -0.2) is 35.8 Å². The lowest BCUT2D eigenvalue weighted by atomic mass is 9.99. The molecular weight excluding hydrogens is 326 g/mol. The van der Waals surface area contributed by atoms with E-state index in [0.29, 0.717) is 24.4 Å². The zero-order chi connectivity index (χ0) is 18.5. The van der Waals surface area contributed by atoms with E-state index in [9.17, 15) is 9.59 Å². The van der Waals surface area contributed by atoms with Crippen LogP contribution in [-0.2, 0) is 4.79 Å². The van der Waals surface area contributed by atoms with Gasteiger partial charge in [-0.25, -0.2) is 0 Å². The summed E-state index contributed by atoms with van der Waals surface area (Å²) in [4.78, 5) is 25.8. The molecule has 1 atom stereocenters. The summed E-state index contributed by atoms with van der Waals surface area (Å²) in [6, 6.07) is 17.1. The van der Waals surface area contributed by atoms with Crippen molar-refractivity contribution in [2.75, 3.05) is 13.1 Å². The molecule has 0 aliphatic carbocycles. The summed E-state index contributed by atoms with van der Waals surface area (Å²) in [6.07, 6.45) is 2.39. The van der Waals surface area contributed by atoms with E-state index >= 15 is 0 Å². The molecular formula is C22H23NO3. The lowest BCUT2D eigenvalue weighted by Gasteiger charge is -2.29. The lowest BCUT2D eigenvalue weighted by Crippen LogP contribution is -2.42. The zero-order valence-electron chi connectivity index (χ0n) is 15.1. The Morgan fingerprint density at radius 2 is 1.73 bits per heavy atom. The SMILES string of the molecule is CC(=O)c1ccc(OC(C)C(=O)N2CC=C(c3ccccc3)CC2)cc1. The molecule has 0 fully saturated rings. The van der Waals surface area contributed by atoms with Crippen LogP contribution in [0.4, 0.5) is 0 Å². The van der Waals surface area contributed by atoms with Gasteiger partial charge in [0.1, 0.15) is 5.75 Å². The van der Waals surface area contributed by atoms with Crippen molar-refractivity contribution >= 4 is 17.3 Å². The molecule has 4 heteroatoms. The van der Waals surface area contributed by atoms with Crippen molar-refractivity contribution in [1.29, 1.82) is 0 Å². The van der Waals surface area contributed by atoms with E-state index in [-0.39, 0.29) is 11.7 Å². The zero-order valence-corrected chi connectivity index (χ0v) is 15.1. The summed E-state index contributed by atoms with van der Waals surface area (Å²) >= 11 is 0. The minimum atomic E-state index is -0.565. The standard InChI is InChI=1S/C22H23NO3/c1-16(24)18-8-10-21(11-9-18)26-17(2)22(25)23-14-12-20(13-15-23)19-6-4-3-5-7-19/h3-12,17H,13-15H2,1-2H3. The number of nitrogens with zero attached hydrogens (tertiary/aromatic N) is 1. The number of amides is 1. The Kier molecular flexibility index (Phi) is 5.52. The van der Waals surface area contributed by atoms with Gasteiger partial charge < -0.3 is 9.64 Å². The fourth-order valence-corrected chi connectivity index (χ4v) is 3.06. The average Bonchev–Trinajstić information content (AvgIpc) is 2.68. The molecule has 0 N–H and O–H groups in total. The van der Waals surface area contributed by atoms with E-state index in [4.69, 9.17) is 4.74 Å². The predicted molar refractivity (Wildman–Crippen MR) is 102 cm³/mol. The summed E-state index contributed by atoms with van der Waals surface area (Å²) in [5.41, 5.74) is 3.13. The van der Waals surface area contributed by atoms with Crippen molar-refractivity contribution in [2.24, 2.45) is 0 Å². The van der Waals surface area contributed by atoms with Crippen molar-refractivity contribution in [3.05, 3.63) is 71.8 Å². The molecule has 2 aromatic carbocycles. The van der Waals surface area contributed by atoms with Crippen molar-refractivity contribution in [2.45, 2.75) is 26.4 Å². The number of Topliss-reactive ketones (excluding diaryl/α,β-unsaturated/α-hetero) is 1. The van der Waals surface area contributed by atoms with Gasteiger partial charge in [0.05, 0.1) is 0 Å². The van der Waals surface area contributed by atoms with Gasteiger partial charge >= 0.3 is 0 Å². The summed E-state index contributed by atoms with van der Waals surface area (Å²) < 4.78 is 5.75. The van der Waals surface area contributed by atoms with Gasteiger partial charge in [0.2, 0.25) is 0 Å². The monoisotopic (exact) mass is 349 g/mol. The number of ether oxygens (including phenoxy) is 1. The molecule has 0 saturated heterocycles. The van der Waals surface area contributed by atoms with Crippen LogP contribution in [0.3, 0.4) is 0 Å². The molecule has 0 saturated carbocycles. The molecule has 1 heterocycles. The van der Waals surface area contributed by atoms with E-state index in [0.717, 1.165) is 6.42 Å². The van der Waals surface area contributed by atoms with Crippen LogP contribution >= 0.6 is 0 Å². The van der Waals surface area contributed by atoms with E-state index in [1.165, 1.54) is 18.1 Å². The van der Waals surface area contributed by atoms with Crippen LogP contribution < -0.4 is 4.74 Å². The molecule has 0 bridgehead atoms. The number of hydrogen-bond donors (Lipinski definition) is 0. The molecule has 1 amide bonds. The van der Waals surface area contributed by atoms with Crippen molar-refractivity contribution in [1.82, 2.24) is 4.90 Å². The number of benzene rings is 2. The second-order valence-electron chi connectivity index (χ2n) is 6.47. The molecule has 3 rings (SSSR count). The molecule has 26 heavy (non-hydrogen) atoms. The minimum Gasteiger partial charge on any atom is -0.481 e. The van der Waals surface area contributed by atoms with Crippen molar-refractivity contribution < 1.29 is 14.3 Å². The van der Waals surface area contributed by atoms with Crippen LogP contribution in [0.1, 0.15) is 36.2 Å². The summed E-state index contributed by atoms with van der Waals surface area (Å²) in [7, 11) is 0. The number of rotatable bonds is 5. The third-order valence-electron chi connectivity index (χ3n) is 4.59. The van der Waals surface area contributed by atoms with Gasteiger partial charge in [0.25, 0.3) is 5.91 Å². The highest BCUT2D eigenvalue weighted by atomic mass is 16.5. The first kappa shape index (κ1) is 17.9. The van der Waals surface area contributed by atoms with Gasteiger partial charge in [-0.2, -0.15) is 0 Å². The highest BCUT2D eigenvalue weighted by molar-refractivity contribution is 5.94. The molecule has 134 valence electrons. The van der Waals surface area contributed by atoms with E-state index in [1.54, 1.807) is 31.2 Å². The number of carbonyl (C=O) groups is 2. The Hall–Kier alpha value is -2.88. The highest BCUT2D eigenvalue weighted by Gasteiger charge is 2.24. The minimum absolute atomic E-state index is 0.00926. The van der Waals surface area contributed by atoms with Gasteiger partial charge in [-0.05, 0) is 55.7 Å². The molecule has 1 aliphatic rings. The maximum atomic E-state index is 12.6. The topological polar surface area (TPSA) is 46.6 Å². The molecule has 1 aliphatic heterocycles. The fraction of sp³-hybridized carbons (Fsp3) is 0.273. The summed E-state index contributed by atoms with van der Waals surface area (Å²) in [5.74, 6) is 0.576. The Morgan fingerprint density at radius 1 is 1.04 bits per heavy atom. The average molecular weight is 349 g/mol. The summed E-state index contributed by atoms with van der Waals surface area (Å²) in [6.45, 7) is 4.57. The number of hydrogen-bond acceptors (Lipinski definition) is 3. The number of carbonyl (C=O) groups excluding carboxylic acids is 2. The maximum Gasteiger partial charge on any atom is 0.263 e. The van der Waals surface area contributed by atoms with E-state index < -0.39 is 6.10 Å². The predicted octanol–water partition coefficient (Wildman–Crippen LogP) is 3.97. The third-order valence-corrected chi connectivity index (χ3v) is 4.59. The smallest absolute Gasteiger partial charge is 0.263 e. The molecule has 0 radical (unpaired) electrons. The summed E-state index contributed by atoms with van der Waals surface area (Å²) in [5, 5.41) is 0. The molecule has 0 aromatic heterocycles. The maximum absolute atomic E-state index is 12.6. The normalized spacial score (nSPS) is 15.2. The Morgan fingerprint density at radius 3 is 2.31 bits per heavy atom. The van der Waals surface area contributed by atoms with E-state index in [1.807, 2.05) is 23.1 Å².